The highest BCUT2D eigenvalue weighted by Crippen LogP contribution is 2.34. The summed E-state index contributed by atoms with van der Waals surface area (Å²) in [4.78, 5) is 39.8. The van der Waals surface area contributed by atoms with Gasteiger partial charge in [-0.05, 0) is 82.3 Å². The van der Waals surface area contributed by atoms with E-state index in [2.05, 4.69) is 67.4 Å². The number of aliphatic imine (C=N–C) groups is 1. The van der Waals surface area contributed by atoms with E-state index in [-0.39, 0.29) is 28.7 Å². The predicted octanol–water partition coefficient (Wildman–Crippen LogP) is 11.1. The van der Waals surface area contributed by atoms with Crippen LogP contribution in [-0.2, 0) is 28.6 Å². The molecule has 0 N–H and O–H groups in total. The number of carbonyl (C=O) groups excluding carboxylic acids is 3. The van der Waals surface area contributed by atoms with E-state index in [4.69, 9.17) is 37.4 Å². The molecule has 1 amide bonds. The van der Waals surface area contributed by atoms with Gasteiger partial charge in [-0.3, -0.25) is 19.4 Å². The van der Waals surface area contributed by atoms with E-state index in [0.29, 0.717) is 24.3 Å². The van der Waals surface area contributed by atoms with Crippen LogP contribution in [-0.4, -0.2) is 80.9 Å². The number of nitrogens with zero attached hydrogens (tertiary/aromatic N) is 2. The van der Waals surface area contributed by atoms with Crippen molar-refractivity contribution >= 4 is 46.9 Å². The van der Waals surface area contributed by atoms with Crippen molar-refractivity contribution < 1.29 is 28.6 Å². The van der Waals surface area contributed by atoms with Crippen LogP contribution >= 0.6 is 23.2 Å². The van der Waals surface area contributed by atoms with Crippen molar-refractivity contribution in [3.05, 3.63) is 71.8 Å². The summed E-state index contributed by atoms with van der Waals surface area (Å²) in [5, 5.41) is 0. The highest BCUT2D eigenvalue weighted by molar-refractivity contribution is 6.18. The Morgan fingerprint density at radius 3 is 1.39 bits per heavy atom. The van der Waals surface area contributed by atoms with Gasteiger partial charge in [-0.25, -0.2) is 0 Å². The zero-order valence-electron chi connectivity index (χ0n) is 35.5. The van der Waals surface area contributed by atoms with Crippen molar-refractivity contribution in [1.29, 1.82) is 0 Å². The van der Waals surface area contributed by atoms with Gasteiger partial charge in [-0.15, -0.1) is 23.2 Å². The van der Waals surface area contributed by atoms with Gasteiger partial charge >= 0.3 is 11.9 Å². The Labute approximate surface area is 338 Å². The lowest BCUT2D eigenvalue weighted by molar-refractivity contribution is -0.153. The second-order valence-electron chi connectivity index (χ2n) is 13.8. The zero-order chi connectivity index (χ0) is 41.6. The van der Waals surface area contributed by atoms with E-state index in [1.165, 1.54) is 25.3 Å². The van der Waals surface area contributed by atoms with Gasteiger partial charge in [0.05, 0.1) is 31.6 Å². The number of benzene rings is 2. The number of hydrogen-bond donors (Lipinski definition) is 0. The first-order chi connectivity index (χ1) is 25.6. The van der Waals surface area contributed by atoms with Gasteiger partial charge in [-0.2, -0.15) is 0 Å². The molecule has 4 unspecified atom stereocenters. The number of hydrogen-bond acceptors (Lipinski definition) is 7. The SMILES string of the molecule is CC1=NCCO1.CCC(C)(CCC(C)c1ccccc1)C(=O)OC.CCC(C)(CCC(C)c1ccccc1)C(=O)OC.CCCl.CCN(CCCl)C(C)=O. The second kappa shape index (κ2) is 31.1. The Morgan fingerprint density at radius 2 is 1.19 bits per heavy atom. The molecule has 2 aromatic rings. The third-order valence-corrected chi connectivity index (χ3v) is 10.00. The fourth-order valence-corrected chi connectivity index (χ4v) is 5.59. The van der Waals surface area contributed by atoms with Gasteiger partial charge in [0.1, 0.15) is 6.61 Å². The molecule has 0 bridgehead atoms. The van der Waals surface area contributed by atoms with E-state index in [1.54, 1.807) is 11.8 Å². The largest absolute Gasteiger partial charge is 0.479 e. The van der Waals surface area contributed by atoms with E-state index in [9.17, 15) is 14.4 Å². The van der Waals surface area contributed by atoms with Crippen molar-refractivity contribution in [3.8, 4) is 0 Å². The summed E-state index contributed by atoms with van der Waals surface area (Å²) in [6.45, 7) is 22.8. The van der Waals surface area contributed by atoms with Crippen molar-refractivity contribution in [1.82, 2.24) is 4.90 Å². The van der Waals surface area contributed by atoms with Crippen LogP contribution in [0.15, 0.2) is 65.7 Å². The minimum absolute atomic E-state index is 0.0924. The number of alkyl halides is 2. The van der Waals surface area contributed by atoms with Crippen LogP contribution in [0.3, 0.4) is 0 Å². The minimum atomic E-state index is -0.349. The molecule has 4 atom stereocenters. The number of amides is 1. The Balaban J connectivity index is 0. The molecule has 8 nitrogen and oxygen atoms in total. The van der Waals surface area contributed by atoms with Gasteiger partial charge in [-0.1, -0.05) is 95.3 Å². The summed E-state index contributed by atoms with van der Waals surface area (Å²) in [5.41, 5.74) is 1.97. The maximum Gasteiger partial charge on any atom is 0.311 e. The molecule has 0 spiro atoms. The van der Waals surface area contributed by atoms with E-state index < -0.39 is 0 Å². The maximum absolute atomic E-state index is 11.8. The summed E-state index contributed by atoms with van der Waals surface area (Å²) in [5.74, 6) is 2.93. The van der Waals surface area contributed by atoms with Crippen LogP contribution in [0.2, 0.25) is 0 Å². The van der Waals surface area contributed by atoms with Gasteiger partial charge in [0.2, 0.25) is 5.91 Å². The molecule has 2 aromatic carbocycles. The smallest absolute Gasteiger partial charge is 0.311 e. The molecule has 10 heteroatoms. The Kier molecular flexibility index (Phi) is 30.6. The lowest BCUT2D eigenvalue weighted by atomic mass is 9.79. The van der Waals surface area contributed by atoms with E-state index in [0.717, 1.165) is 70.0 Å². The Bertz CT molecular complexity index is 1220. The first-order valence-electron chi connectivity index (χ1n) is 19.4. The monoisotopic (exact) mass is 794 g/mol. The number of rotatable bonds is 15. The van der Waals surface area contributed by atoms with Crippen LogP contribution in [0.5, 0.6) is 0 Å². The molecule has 0 radical (unpaired) electrons. The van der Waals surface area contributed by atoms with Gasteiger partial charge in [0.25, 0.3) is 0 Å². The molecule has 3 rings (SSSR count). The van der Waals surface area contributed by atoms with Crippen molar-refractivity contribution in [2.24, 2.45) is 15.8 Å². The molecule has 0 saturated carbocycles. The second-order valence-corrected chi connectivity index (χ2v) is 14.7. The van der Waals surface area contributed by atoms with E-state index >= 15 is 0 Å². The van der Waals surface area contributed by atoms with E-state index in [1.807, 2.05) is 60.6 Å². The number of ether oxygens (including phenoxy) is 3. The summed E-state index contributed by atoms with van der Waals surface area (Å²) >= 11 is 10.4. The average Bonchev–Trinajstić information content (AvgIpc) is 3.69. The fraction of sp³-hybridized carbons (Fsp3) is 0.636. The molecular weight excluding hydrogens is 723 g/mol. The highest BCUT2D eigenvalue weighted by atomic mass is 35.5. The predicted molar refractivity (Wildman–Crippen MR) is 228 cm³/mol. The normalized spacial score (nSPS) is 14.6. The van der Waals surface area contributed by atoms with Crippen molar-refractivity contribution in [2.45, 2.75) is 120 Å². The number of esters is 2. The molecule has 54 heavy (non-hydrogen) atoms. The standard InChI is InChI=1S/2C16H24O2.C6H12ClNO.C4H7NO.C2H5Cl/c2*1-5-16(3,15(17)18-4)12-11-13(2)14-9-7-6-8-10-14;1-3-8(5-4-7)6(2)9;1-4-5-2-3-6-4;1-2-3/h2*6-10,13H,5,11-12H2,1-4H3;3-5H2,1-2H3;2-3H2,1H3;2H2,1H3. The molecular formula is C44H72Cl2N2O6. The average molecular weight is 796 g/mol. The first-order valence-corrected chi connectivity index (χ1v) is 20.4. The summed E-state index contributed by atoms with van der Waals surface area (Å²) in [6, 6.07) is 20.9. The quantitative estimate of drug-likeness (QED) is 0.132. The van der Waals surface area contributed by atoms with Gasteiger partial charge < -0.3 is 19.1 Å². The van der Waals surface area contributed by atoms with Crippen LogP contribution in [0.4, 0.5) is 0 Å². The molecule has 0 aromatic heterocycles. The topological polar surface area (TPSA) is 94.5 Å². The van der Waals surface area contributed by atoms with Crippen LogP contribution in [0.1, 0.15) is 131 Å². The Morgan fingerprint density at radius 1 is 0.796 bits per heavy atom. The molecule has 0 aliphatic carbocycles. The van der Waals surface area contributed by atoms with Crippen molar-refractivity contribution in [2.75, 3.05) is 52.2 Å². The van der Waals surface area contributed by atoms with Crippen molar-refractivity contribution in [3.63, 3.8) is 0 Å². The summed E-state index contributed by atoms with van der Waals surface area (Å²) in [7, 11) is 2.94. The summed E-state index contributed by atoms with van der Waals surface area (Å²) < 4.78 is 14.7. The number of halogens is 2. The number of carbonyl (C=O) groups is 3. The molecule has 1 heterocycles. The van der Waals surface area contributed by atoms with Gasteiger partial charge in [0.15, 0.2) is 5.90 Å². The summed E-state index contributed by atoms with van der Waals surface area (Å²) in [6.07, 6.45) is 5.38. The molecule has 308 valence electrons. The lowest BCUT2D eigenvalue weighted by Crippen LogP contribution is -2.30. The van der Waals surface area contributed by atoms with Gasteiger partial charge in [0, 0.05) is 38.7 Å². The Hall–Kier alpha value is -3.10. The van der Waals surface area contributed by atoms with Crippen LogP contribution < -0.4 is 0 Å². The lowest BCUT2D eigenvalue weighted by Gasteiger charge is -2.26. The molecule has 0 fully saturated rings. The highest BCUT2D eigenvalue weighted by Gasteiger charge is 2.33. The first kappa shape index (κ1) is 53.0. The van der Waals surface area contributed by atoms with Crippen LogP contribution in [0, 0.1) is 10.8 Å². The minimum Gasteiger partial charge on any atom is -0.479 e. The fourth-order valence-electron chi connectivity index (χ4n) is 5.39. The number of methoxy groups -OCH3 is 2. The third-order valence-electron chi connectivity index (χ3n) is 9.83. The molecule has 0 saturated heterocycles. The third kappa shape index (κ3) is 22.3. The van der Waals surface area contributed by atoms with Crippen LogP contribution in [0.25, 0.3) is 0 Å². The molecule has 1 aliphatic rings. The molecule has 1 aliphatic heterocycles. The zero-order valence-corrected chi connectivity index (χ0v) is 37.0. The maximum atomic E-state index is 11.8.